The predicted octanol–water partition coefficient (Wildman–Crippen LogP) is 3.19. The highest BCUT2D eigenvalue weighted by molar-refractivity contribution is 7.81. The fraction of sp³-hybridized carbons (Fsp3) is 1.00. The molecule has 0 unspecified atom stereocenters. The van der Waals surface area contributed by atoms with Gasteiger partial charge in [0.15, 0.2) is 0 Å². The zero-order valence-corrected chi connectivity index (χ0v) is 9.03. The summed E-state index contributed by atoms with van der Waals surface area (Å²) in [6, 6.07) is 0. The zero-order chi connectivity index (χ0) is 9.24. The van der Waals surface area contributed by atoms with Gasteiger partial charge in [-0.3, -0.25) is 9.05 Å². The van der Waals surface area contributed by atoms with Crippen molar-refractivity contribution in [3.63, 3.8) is 0 Å². The molecule has 0 aromatic rings. The van der Waals surface area contributed by atoms with Crippen LogP contribution in [0.1, 0.15) is 26.7 Å². The molecule has 72 valence electrons. The average molecular weight is 213 g/mol. The summed E-state index contributed by atoms with van der Waals surface area (Å²) in [5.41, 5.74) is 0.0167. The van der Waals surface area contributed by atoms with Crippen LogP contribution in [-0.4, -0.2) is 13.2 Å². The molecule has 5 heteroatoms. The van der Waals surface area contributed by atoms with E-state index >= 15 is 0 Å². The van der Waals surface area contributed by atoms with Gasteiger partial charge in [0.05, 0.1) is 13.2 Å². The van der Waals surface area contributed by atoms with Crippen LogP contribution >= 0.6 is 18.2 Å². The molecule has 0 amide bonds. The molecule has 1 aliphatic heterocycles. The largest absolute Gasteiger partial charge is 0.424 e. The van der Waals surface area contributed by atoms with Gasteiger partial charge in [0.1, 0.15) is 0 Å². The number of rotatable bonds is 2. The second-order valence-corrected chi connectivity index (χ2v) is 5.80. The molecule has 0 bridgehead atoms. The van der Waals surface area contributed by atoms with Crippen LogP contribution in [0.3, 0.4) is 0 Å². The van der Waals surface area contributed by atoms with Gasteiger partial charge in [0.2, 0.25) is 0 Å². The molecule has 1 rings (SSSR count). The fourth-order valence-electron chi connectivity index (χ4n) is 1.17. The normalized spacial score (nSPS) is 26.9. The van der Waals surface area contributed by atoms with E-state index in [0.29, 0.717) is 13.2 Å². The van der Waals surface area contributed by atoms with Crippen LogP contribution in [0, 0.1) is 5.41 Å². The molecule has 0 aromatic heterocycles. The first kappa shape index (κ1) is 10.5. The molecule has 0 saturated carbocycles. The van der Waals surface area contributed by atoms with E-state index in [1.807, 2.05) is 0 Å². The molecule has 12 heavy (non-hydrogen) atoms. The van der Waals surface area contributed by atoms with E-state index in [-0.39, 0.29) is 5.41 Å². The second-order valence-electron chi connectivity index (χ2n) is 3.18. The molecule has 0 spiro atoms. The smallest absolute Gasteiger partial charge is 0.296 e. The quantitative estimate of drug-likeness (QED) is 0.660. The number of hydrogen-bond acceptors (Lipinski definition) is 3. The summed E-state index contributed by atoms with van der Waals surface area (Å²) in [5, 5.41) is 0. The Morgan fingerprint density at radius 1 is 1.33 bits per heavy atom. The maximum atomic E-state index is 11.1. The Morgan fingerprint density at radius 2 is 1.75 bits per heavy atom. The Hall–Kier alpha value is 0.440. The minimum atomic E-state index is -3.22. The molecule has 1 fully saturated rings. The van der Waals surface area contributed by atoms with E-state index in [1.165, 1.54) is 0 Å². The lowest BCUT2D eigenvalue weighted by Crippen LogP contribution is -2.33. The highest BCUT2D eigenvalue weighted by Gasteiger charge is 2.38. The van der Waals surface area contributed by atoms with Crippen molar-refractivity contribution in [2.75, 3.05) is 13.2 Å². The summed E-state index contributed by atoms with van der Waals surface area (Å²) in [4.78, 5) is 0. The van der Waals surface area contributed by atoms with Crippen molar-refractivity contribution in [3.05, 3.63) is 0 Å². The van der Waals surface area contributed by atoms with E-state index in [4.69, 9.17) is 20.3 Å². The van der Waals surface area contributed by atoms with Gasteiger partial charge in [-0.1, -0.05) is 13.8 Å². The van der Waals surface area contributed by atoms with Gasteiger partial charge in [-0.15, -0.1) is 0 Å². The standard InChI is InChI=1S/C7H14ClO3P/c1-3-7(4-2)5-10-12(8,9)11-6-7/h3-6H2,1-2H3. The average Bonchev–Trinajstić information content (AvgIpc) is 2.06. The molecule has 0 aromatic carbocycles. The Labute approximate surface area is 77.7 Å². The highest BCUT2D eigenvalue weighted by Crippen LogP contribution is 2.58. The molecule has 0 radical (unpaired) electrons. The van der Waals surface area contributed by atoms with E-state index in [0.717, 1.165) is 12.8 Å². The SMILES string of the molecule is CCC1(CC)COP(=O)(Cl)OC1. The lowest BCUT2D eigenvalue weighted by atomic mass is 9.84. The molecule has 1 saturated heterocycles. The third-order valence-corrected chi connectivity index (χ3v) is 4.01. The Bertz CT molecular complexity index is 189. The lowest BCUT2D eigenvalue weighted by molar-refractivity contribution is 0.0182. The maximum absolute atomic E-state index is 11.1. The molecular formula is C7H14ClO3P. The molecule has 3 nitrogen and oxygen atoms in total. The number of halogens is 1. The van der Waals surface area contributed by atoms with E-state index in [1.54, 1.807) is 0 Å². The van der Waals surface area contributed by atoms with Crippen molar-refractivity contribution in [2.24, 2.45) is 5.41 Å². The molecule has 1 heterocycles. The second kappa shape index (κ2) is 3.67. The van der Waals surface area contributed by atoms with E-state index < -0.39 is 6.95 Å². The van der Waals surface area contributed by atoms with Gasteiger partial charge in [-0.05, 0) is 12.8 Å². The van der Waals surface area contributed by atoms with E-state index in [9.17, 15) is 4.57 Å². The first-order valence-corrected chi connectivity index (χ1v) is 6.57. The van der Waals surface area contributed by atoms with Gasteiger partial charge in [0.25, 0.3) is 0 Å². The third kappa shape index (κ3) is 2.23. The van der Waals surface area contributed by atoms with Crippen LogP contribution in [0.15, 0.2) is 0 Å². The van der Waals surface area contributed by atoms with Crippen molar-refractivity contribution < 1.29 is 13.6 Å². The minimum absolute atomic E-state index is 0.0167. The Balaban J connectivity index is 2.59. The summed E-state index contributed by atoms with van der Waals surface area (Å²) in [6.45, 7) is 1.81. The minimum Gasteiger partial charge on any atom is -0.296 e. The lowest BCUT2D eigenvalue weighted by Gasteiger charge is -2.36. The third-order valence-electron chi connectivity index (χ3n) is 2.55. The summed E-state index contributed by atoms with van der Waals surface area (Å²) in [7, 11) is 0. The number of hydrogen-bond donors (Lipinski definition) is 0. The van der Waals surface area contributed by atoms with Crippen molar-refractivity contribution in [1.29, 1.82) is 0 Å². The monoisotopic (exact) mass is 212 g/mol. The van der Waals surface area contributed by atoms with Crippen LogP contribution < -0.4 is 0 Å². The van der Waals surface area contributed by atoms with Crippen LogP contribution in [0.2, 0.25) is 0 Å². The van der Waals surface area contributed by atoms with E-state index in [2.05, 4.69) is 13.8 Å². The fourth-order valence-corrected chi connectivity index (χ4v) is 2.39. The predicted molar refractivity (Wildman–Crippen MR) is 48.4 cm³/mol. The van der Waals surface area contributed by atoms with Gasteiger partial charge in [-0.2, -0.15) is 0 Å². The van der Waals surface area contributed by atoms with Crippen molar-refractivity contribution >= 4 is 18.2 Å². The summed E-state index contributed by atoms with van der Waals surface area (Å²) in [5.74, 6) is 0. The van der Waals surface area contributed by atoms with Gasteiger partial charge < -0.3 is 0 Å². The van der Waals surface area contributed by atoms with Crippen LogP contribution in [0.4, 0.5) is 0 Å². The maximum Gasteiger partial charge on any atom is 0.424 e. The van der Waals surface area contributed by atoms with Crippen LogP contribution in [0.5, 0.6) is 0 Å². The topological polar surface area (TPSA) is 35.5 Å². The highest BCUT2D eigenvalue weighted by atomic mass is 35.7. The summed E-state index contributed by atoms with van der Waals surface area (Å²) in [6.07, 6.45) is 1.92. The van der Waals surface area contributed by atoms with Crippen molar-refractivity contribution in [1.82, 2.24) is 0 Å². The van der Waals surface area contributed by atoms with Crippen molar-refractivity contribution in [3.8, 4) is 0 Å². The molecule has 0 atom stereocenters. The zero-order valence-electron chi connectivity index (χ0n) is 7.38. The van der Waals surface area contributed by atoms with Crippen molar-refractivity contribution in [2.45, 2.75) is 26.7 Å². The van der Waals surface area contributed by atoms with Crippen LogP contribution in [0.25, 0.3) is 0 Å². The van der Waals surface area contributed by atoms with Crippen LogP contribution in [-0.2, 0) is 13.6 Å². The molecule has 1 aliphatic rings. The Kier molecular flexibility index (Phi) is 3.21. The summed E-state index contributed by atoms with van der Waals surface area (Å²) >= 11 is 5.42. The first-order chi connectivity index (χ1) is 5.54. The molecular weight excluding hydrogens is 199 g/mol. The molecule has 0 aliphatic carbocycles. The molecule has 0 N–H and O–H groups in total. The summed E-state index contributed by atoms with van der Waals surface area (Å²) < 4.78 is 21.0. The first-order valence-electron chi connectivity index (χ1n) is 4.12. The van der Waals surface area contributed by atoms with Gasteiger partial charge in [0, 0.05) is 16.7 Å². The van der Waals surface area contributed by atoms with Gasteiger partial charge >= 0.3 is 6.95 Å². The van der Waals surface area contributed by atoms with Gasteiger partial charge in [-0.25, -0.2) is 4.57 Å². The Morgan fingerprint density at radius 3 is 2.08 bits per heavy atom.